The third-order valence-electron chi connectivity index (χ3n) is 4.64. The number of rotatable bonds is 4. The summed E-state index contributed by atoms with van der Waals surface area (Å²) in [5.41, 5.74) is 1.28. The summed E-state index contributed by atoms with van der Waals surface area (Å²) in [5, 5.41) is 0.890. The maximum absolute atomic E-state index is 12.7. The highest BCUT2D eigenvalue weighted by Gasteiger charge is 2.37. The van der Waals surface area contributed by atoms with Gasteiger partial charge in [0.05, 0.1) is 18.7 Å². The number of hydrogen-bond donors (Lipinski definition) is 0. The van der Waals surface area contributed by atoms with Crippen LogP contribution in [0.4, 0.5) is 5.69 Å². The van der Waals surface area contributed by atoms with Crippen LogP contribution in [-0.2, 0) is 9.59 Å². The van der Waals surface area contributed by atoms with E-state index in [4.69, 9.17) is 9.47 Å². The van der Waals surface area contributed by atoms with E-state index in [9.17, 15) is 9.59 Å². The smallest absolute Gasteiger partial charge is 0.316 e. The van der Waals surface area contributed by atoms with Crippen molar-refractivity contribution in [1.29, 1.82) is 0 Å². The maximum Gasteiger partial charge on any atom is 0.316 e. The van der Waals surface area contributed by atoms with E-state index in [1.807, 2.05) is 36.4 Å². The van der Waals surface area contributed by atoms with Crippen LogP contribution < -0.4 is 14.4 Å². The predicted octanol–water partition coefficient (Wildman–Crippen LogP) is 3.20. The second kappa shape index (κ2) is 7.07. The molecule has 1 aliphatic heterocycles. The van der Waals surface area contributed by atoms with Crippen LogP contribution in [0.15, 0.2) is 60.8 Å². The average Bonchev–Trinajstić information content (AvgIpc) is 3.10. The second-order valence-electron chi connectivity index (χ2n) is 6.33. The van der Waals surface area contributed by atoms with E-state index in [0.29, 0.717) is 22.7 Å². The lowest BCUT2D eigenvalue weighted by molar-refractivity contribution is -0.139. The van der Waals surface area contributed by atoms with Crippen molar-refractivity contribution in [3.8, 4) is 11.5 Å². The Morgan fingerprint density at radius 2 is 1.85 bits per heavy atom. The molecule has 1 amide bonds. The van der Waals surface area contributed by atoms with E-state index in [1.54, 1.807) is 36.4 Å². The lowest BCUT2D eigenvalue weighted by Gasteiger charge is -2.19. The number of ether oxygens (including phenoxy) is 2. The van der Waals surface area contributed by atoms with Crippen LogP contribution in [0.25, 0.3) is 10.9 Å². The van der Waals surface area contributed by atoms with Gasteiger partial charge >= 0.3 is 5.97 Å². The Hall–Kier alpha value is -3.41. The molecule has 0 radical (unpaired) electrons. The van der Waals surface area contributed by atoms with Crippen molar-refractivity contribution in [3.05, 3.63) is 60.8 Å². The van der Waals surface area contributed by atoms with Crippen LogP contribution in [0.3, 0.4) is 0 Å². The van der Waals surface area contributed by atoms with Gasteiger partial charge in [0.15, 0.2) is 5.75 Å². The fraction of sp³-hybridized carbons (Fsp3) is 0.190. The first-order chi connectivity index (χ1) is 13.2. The zero-order valence-corrected chi connectivity index (χ0v) is 14.8. The van der Waals surface area contributed by atoms with Gasteiger partial charge in [-0.2, -0.15) is 0 Å². The number of aromatic nitrogens is 1. The van der Waals surface area contributed by atoms with Crippen LogP contribution in [0.1, 0.15) is 6.42 Å². The Morgan fingerprint density at radius 1 is 1.07 bits per heavy atom. The molecular weight excluding hydrogens is 344 g/mol. The van der Waals surface area contributed by atoms with Gasteiger partial charge < -0.3 is 14.4 Å². The van der Waals surface area contributed by atoms with Gasteiger partial charge in [-0.1, -0.05) is 30.3 Å². The topological polar surface area (TPSA) is 68.7 Å². The first kappa shape index (κ1) is 17.0. The minimum absolute atomic E-state index is 0.106. The number of carbonyl (C=O) groups excluding carboxylic acids is 2. The van der Waals surface area contributed by atoms with Crippen LogP contribution in [0.5, 0.6) is 11.5 Å². The minimum Gasteiger partial charge on any atom is -0.495 e. The molecule has 1 aromatic heterocycles. The molecule has 0 saturated carbocycles. The summed E-state index contributed by atoms with van der Waals surface area (Å²) >= 11 is 0. The normalized spacial score (nSPS) is 16.6. The number of hydrogen-bond acceptors (Lipinski definition) is 5. The van der Waals surface area contributed by atoms with Crippen LogP contribution in [0, 0.1) is 5.92 Å². The van der Waals surface area contributed by atoms with Gasteiger partial charge in [-0.3, -0.25) is 14.6 Å². The van der Waals surface area contributed by atoms with E-state index >= 15 is 0 Å². The molecule has 2 heterocycles. The molecule has 0 unspecified atom stereocenters. The average molecular weight is 362 g/mol. The number of pyridine rings is 1. The van der Waals surface area contributed by atoms with E-state index in [2.05, 4.69) is 4.98 Å². The molecule has 2 aromatic carbocycles. The Balaban J connectivity index is 1.54. The second-order valence-corrected chi connectivity index (χ2v) is 6.33. The molecule has 6 heteroatoms. The summed E-state index contributed by atoms with van der Waals surface area (Å²) in [4.78, 5) is 31.0. The molecule has 0 bridgehead atoms. The Kier molecular flexibility index (Phi) is 4.46. The summed E-state index contributed by atoms with van der Waals surface area (Å²) in [5.74, 6) is -0.0998. The molecule has 1 atom stereocenters. The van der Waals surface area contributed by atoms with Gasteiger partial charge in [-0.25, -0.2) is 0 Å². The number of fused-ring (bicyclic) bond motifs is 1. The van der Waals surface area contributed by atoms with Gasteiger partial charge in [0.25, 0.3) is 0 Å². The standard InChI is InChI=1S/C21H18N2O4/c1-26-17-9-3-2-8-16(17)23-13-15(12-19(23)24)21(25)27-18-10-4-6-14-7-5-11-22-20(14)18/h2-11,15H,12-13H2,1H3/t15-/m0/s1. The molecule has 0 N–H and O–H groups in total. The number of para-hydroxylation sites is 3. The largest absolute Gasteiger partial charge is 0.495 e. The van der Waals surface area contributed by atoms with Gasteiger partial charge in [0, 0.05) is 24.5 Å². The zero-order valence-electron chi connectivity index (χ0n) is 14.8. The van der Waals surface area contributed by atoms with Crippen molar-refractivity contribution >= 4 is 28.5 Å². The summed E-state index contributed by atoms with van der Waals surface area (Å²) in [6, 6.07) is 16.4. The zero-order chi connectivity index (χ0) is 18.8. The minimum atomic E-state index is -0.540. The highest BCUT2D eigenvalue weighted by atomic mass is 16.5. The quantitative estimate of drug-likeness (QED) is 0.527. The van der Waals surface area contributed by atoms with Crippen molar-refractivity contribution in [2.75, 3.05) is 18.6 Å². The number of esters is 1. The molecular formula is C21H18N2O4. The van der Waals surface area contributed by atoms with E-state index < -0.39 is 11.9 Å². The molecule has 27 heavy (non-hydrogen) atoms. The number of nitrogens with zero attached hydrogens (tertiary/aromatic N) is 2. The predicted molar refractivity (Wildman–Crippen MR) is 101 cm³/mol. The first-order valence-corrected chi connectivity index (χ1v) is 8.66. The van der Waals surface area contributed by atoms with Gasteiger partial charge in [-0.15, -0.1) is 0 Å². The van der Waals surface area contributed by atoms with Crippen LogP contribution >= 0.6 is 0 Å². The highest BCUT2D eigenvalue weighted by molar-refractivity contribution is 6.01. The number of carbonyl (C=O) groups is 2. The molecule has 6 nitrogen and oxygen atoms in total. The lowest BCUT2D eigenvalue weighted by atomic mass is 10.1. The molecule has 1 fully saturated rings. The number of anilines is 1. The molecule has 0 aliphatic carbocycles. The SMILES string of the molecule is COc1ccccc1N1C[C@@H](C(=O)Oc2cccc3cccnc23)CC1=O. The number of methoxy groups -OCH3 is 1. The molecule has 1 saturated heterocycles. The maximum atomic E-state index is 12.7. The van der Waals surface area contributed by atoms with Gasteiger partial charge in [0.1, 0.15) is 11.3 Å². The fourth-order valence-electron chi connectivity index (χ4n) is 3.30. The summed E-state index contributed by atoms with van der Waals surface area (Å²) < 4.78 is 10.9. The molecule has 3 aromatic rings. The first-order valence-electron chi connectivity index (χ1n) is 8.66. The van der Waals surface area contributed by atoms with E-state index in [-0.39, 0.29) is 18.9 Å². The van der Waals surface area contributed by atoms with Crippen LogP contribution in [0.2, 0.25) is 0 Å². The van der Waals surface area contributed by atoms with Crippen molar-refractivity contribution in [3.63, 3.8) is 0 Å². The number of benzene rings is 2. The van der Waals surface area contributed by atoms with E-state index in [1.165, 1.54) is 0 Å². The summed E-state index contributed by atoms with van der Waals surface area (Å²) in [6.45, 7) is 0.260. The van der Waals surface area contributed by atoms with Crippen molar-refractivity contribution in [2.45, 2.75) is 6.42 Å². The Labute approximate surface area is 156 Å². The fourth-order valence-corrected chi connectivity index (χ4v) is 3.30. The summed E-state index contributed by atoms with van der Waals surface area (Å²) in [7, 11) is 1.55. The van der Waals surface area contributed by atoms with Crippen molar-refractivity contribution in [2.24, 2.45) is 5.92 Å². The summed E-state index contributed by atoms with van der Waals surface area (Å²) in [6.07, 6.45) is 1.76. The molecule has 4 rings (SSSR count). The third-order valence-corrected chi connectivity index (χ3v) is 4.64. The molecule has 0 spiro atoms. The third kappa shape index (κ3) is 3.21. The van der Waals surface area contributed by atoms with Crippen molar-refractivity contribution < 1.29 is 19.1 Å². The van der Waals surface area contributed by atoms with Gasteiger partial charge in [-0.05, 0) is 24.3 Å². The van der Waals surface area contributed by atoms with Gasteiger partial charge in [0.2, 0.25) is 5.91 Å². The lowest BCUT2D eigenvalue weighted by Crippen LogP contribution is -2.27. The monoisotopic (exact) mass is 362 g/mol. The van der Waals surface area contributed by atoms with Crippen molar-refractivity contribution in [1.82, 2.24) is 4.98 Å². The molecule has 136 valence electrons. The highest BCUT2D eigenvalue weighted by Crippen LogP contribution is 2.33. The Bertz CT molecular complexity index is 1010. The number of amides is 1. The van der Waals surface area contributed by atoms with E-state index in [0.717, 1.165) is 5.39 Å². The molecule has 1 aliphatic rings. The Morgan fingerprint density at radius 3 is 2.70 bits per heavy atom. The van der Waals surface area contributed by atoms with Crippen LogP contribution in [-0.4, -0.2) is 30.5 Å².